The number of benzene rings is 1. The Morgan fingerprint density at radius 1 is 1.32 bits per heavy atom. The predicted molar refractivity (Wildman–Crippen MR) is 76.3 cm³/mol. The standard InChI is InChI=1S/C14H17F2NO4S/c1-10-9-22(19,20)4-2-3-17(10)14(18)8-21-13-6-11(15)5-12(16)7-13/h5-7,10H,2-4,8-9H2,1H3. The first-order valence-corrected chi connectivity index (χ1v) is 8.68. The van der Waals surface area contributed by atoms with Crippen LogP contribution in [0.3, 0.4) is 0 Å². The van der Waals surface area contributed by atoms with Crippen molar-refractivity contribution < 1.29 is 26.7 Å². The first kappa shape index (κ1) is 16.7. The molecule has 1 fully saturated rings. The van der Waals surface area contributed by atoms with Gasteiger partial charge in [0.2, 0.25) is 0 Å². The molecule has 0 aromatic heterocycles. The zero-order valence-electron chi connectivity index (χ0n) is 12.1. The number of ether oxygens (including phenoxy) is 1. The van der Waals surface area contributed by atoms with Gasteiger partial charge in [0.15, 0.2) is 16.4 Å². The van der Waals surface area contributed by atoms with Crippen LogP contribution in [-0.4, -0.2) is 49.9 Å². The molecule has 5 nitrogen and oxygen atoms in total. The van der Waals surface area contributed by atoms with Gasteiger partial charge in [0, 0.05) is 30.8 Å². The van der Waals surface area contributed by atoms with E-state index in [9.17, 15) is 22.0 Å². The Hall–Kier alpha value is -1.70. The molecule has 1 heterocycles. The van der Waals surface area contributed by atoms with Gasteiger partial charge >= 0.3 is 0 Å². The minimum absolute atomic E-state index is 0.0527. The zero-order chi connectivity index (χ0) is 16.3. The summed E-state index contributed by atoms with van der Waals surface area (Å²) in [6.45, 7) is 1.58. The lowest BCUT2D eigenvalue weighted by Crippen LogP contribution is -2.43. The molecule has 0 bridgehead atoms. The highest BCUT2D eigenvalue weighted by molar-refractivity contribution is 7.91. The van der Waals surface area contributed by atoms with Crippen molar-refractivity contribution in [1.29, 1.82) is 0 Å². The molecule has 122 valence electrons. The van der Waals surface area contributed by atoms with Gasteiger partial charge in [0.1, 0.15) is 17.4 Å². The van der Waals surface area contributed by atoms with E-state index in [1.54, 1.807) is 6.92 Å². The minimum atomic E-state index is -3.15. The highest BCUT2D eigenvalue weighted by atomic mass is 32.2. The van der Waals surface area contributed by atoms with E-state index in [1.165, 1.54) is 4.90 Å². The monoisotopic (exact) mass is 333 g/mol. The Labute approximate surface area is 127 Å². The summed E-state index contributed by atoms with van der Waals surface area (Å²) in [7, 11) is -3.15. The molecule has 0 N–H and O–H groups in total. The van der Waals surface area contributed by atoms with Crippen molar-refractivity contribution in [2.45, 2.75) is 19.4 Å². The van der Waals surface area contributed by atoms with E-state index in [0.29, 0.717) is 19.0 Å². The molecule has 2 rings (SSSR count). The molecule has 1 aromatic carbocycles. The fourth-order valence-electron chi connectivity index (χ4n) is 2.43. The molecule has 0 aliphatic carbocycles. The number of nitrogens with zero attached hydrogens (tertiary/aromatic N) is 1. The molecule has 1 saturated heterocycles. The van der Waals surface area contributed by atoms with Gasteiger partial charge in [-0.25, -0.2) is 17.2 Å². The summed E-state index contributed by atoms with van der Waals surface area (Å²) in [6, 6.07) is 2.21. The lowest BCUT2D eigenvalue weighted by atomic mass is 10.3. The lowest BCUT2D eigenvalue weighted by Gasteiger charge is -2.26. The highest BCUT2D eigenvalue weighted by Crippen LogP contribution is 2.16. The van der Waals surface area contributed by atoms with E-state index < -0.39 is 40.0 Å². The molecule has 1 aromatic rings. The van der Waals surface area contributed by atoms with Gasteiger partial charge in [0.05, 0.1) is 11.5 Å². The van der Waals surface area contributed by atoms with Crippen LogP contribution in [0.4, 0.5) is 8.78 Å². The van der Waals surface area contributed by atoms with Crippen LogP contribution in [0, 0.1) is 11.6 Å². The van der Waals surface area contributed by atoms with Crippen LogP contribution in [0.1, 0.15) is 13.3 Å². The predicted octanol–water partition coefficient (Wildman–Crippen LogP) is 1.38. The number of hydrogen-bond donors (Lipinski definition) is 0. The number of carbonyl (C=O) groups excluding carboxylic acids is 1. The molecule has 0 saturated carbocycles. The van der Waals surface area contributed by atoms with Crippen molar-refractivity contribution in [1.82, 2.24) is 4.90 Å². The largest absolute Gasteiger partial charge is 0.484 e. The molecule has 1 aliphatic heterocycles. The molecule has 0 spiro atoms. The molecule has 8 heteroatoms. The van der Waals surface area contributed by atoms with Crippen LogP contribution in [0.2, 0.25) is 0 Å². The van der Waals surface area contributed by atoms with Crippen molar-refractivity contribution >= 4 is 15.7 Å². The number of carbonyl (C=O) groups is 1. The quantitative estimate of drug-likeness (QED) is 0.838. The van der Waals surface area contributed by atoms with Crippen molar-refractivity contribution in [2.75, 3.05) is 24.7 Å². The average molecular weight is 333 g/mol. The third kappa shape index (κ3) is 4.40. The van der Waals surface area contributed by atoms with Crippen molar-refractivity contribution in [3.63, 3.8) is 0 Å². The normalized spacial score (nSPS) is 21.2. The second kappa shape index (κ2) is 6.60. The van der Waals surface area contributed by atoms with Gasteiger partial charge in [-0.3, -0.25) is 4.79 Å². The Morgan fingerprint density at radius 2 is 1.95 bits per heavy atom. The molecule has 1 amide bonds. The van der Waals surface area contributed by atoms with Gasteiger partial charge in [-0.2, -0.15) is 0 Å². The second-order valence-corrected chi connectivity index (χ2v) is 7.53. The third-order valence-electron chi connectivity index (χ3n) is 3.40. The Kier molecular flexibility index (Phi) is 5.00. The second-order valence-electron chi connectivity index (χ2n) is 5.30. The number of hydrogen-bond acceptors (Lipinski definition) is 4. The van der Waals surface area contributed by atoms with Gasteiger partial charge in [0.25, 0.3) is 5.91 Å². The molecule has 1 aliphatic rings. The minimum Gasteiger partial charge on any atom is -0.484 e. The van der Waals surface area contributed by atoms with Crippen LogP contribution in [-0.2, 0) is 14.6 Å². The van der Waals surface area contributed by atoms with Gasteiger partial charge in [-0.05, 0) is 13.3 Å². The van der Waals surface area contributed by atoms with Gasteiger partial charge in [-0.15, -0.1) is 0 Å². The van der Waals surface area contributed by atoms with E-state index in [1.807, 2.05) is 0 Å². The summed E-state index contributed by atoms with van der Waals surface area (Å²) in [4.78, 5) is 13.6. The van der Waals surface area contributed by atoms with E-state index in [-0.39, 0.29) is 17.3 Å². The fraction of sp³-hybridized carbons (Fsp3) is 0.500. The fourth-order valence-corrected chi connectivity index (χ4v) is 4.08. The van der Waals surface area contributed by atoms with Crippen molar-refractivity contribution in [2.24, 2.45) is 0 Å². The number of amides is 1. The smallest absolute Gasteiger partial charge is 0.260 e. The van der Waals surface area contributed by atoms with Crippen LogP contribution in [0.25, 0.3) is 0 Å². The lowest BCUT2D eigenvalue weighted by molar-refractivity contribution is -0.134. The van der Waals surface area contributed by atoms with E-state index in [0.717, 1.165) is 12.1 Å². The molecular formula is C14H17F2NO4S. The van der Waals surface area contributed by atoms with Crippen LogP contribution in [0.15, 0.2) is 18.2 Å². The first-order chi connectivity index (χ1) is 10.3. The molecular weight excluding hydrogens is 316 g/mol. The summed E-state index contributed by atoms with van der Waals surface area (Å²) < 4.78 is 54.5. The first-order valence-electron chi connectivity index (χ1n) is 6.85. The maximum Gasteiger partial charge on any atom is 0.260 e. The van der Waals surface area contributed by atoms with E-state index >= 15 is 0 Å². The topological polar surface area (TPSA) is 63.7 Å². The Bertz CT molecular complexity index is 643. The SMILES string of the molecule is CC1CS(=O)(=O)CCCN1C(=O)COc1cc(F)cc(F)c1. The molecule has 0 radical (unpaired) electrons. The summed E-state index contributed by atoms with van der Waals surface area (Å²) in [5.74, 6) is -2.12. The van der Waals surface area contributed by atoms with E-state index in [4.69, 9.17) is 4.74 Å². The molecule has 1 unspecified atom stereocenters. The Balaban J connectivity index is 1.99. The van der Waals surface area contributed by atoms with Crippen LogP contribution < -0.4 is 4.74 Å². The van der Waals surface area contributed by atoms with Crippen LogP contribution in [0.5, 0.6) is 5.75 Å². The summed E-state index contributed by atoms with van der Waals surface area (Å²) in [5, 5.41) is 0. The van der Waals surface area contributed by atoms with Gasteiger partial charge in [-0.1, -0.05) is 0 Å². The summed E-state index contributed by atoms with van der Waals surface area (Å²) in [6.07, 6.45) is 0.368. The maximum absolute atomic E-state index is 13.0. The average Bonchev–Trinajstić information content (AvgIpc) is 2.52. The van der Waals surface area contributed by atoms with Crippen molar-refractivity contribution in [3.05, 3.63) is 29.8 Å². The maximum atomic E-state index is 13.0. The Morgan fingerprint density at radius 3 is 2.59 bits per heavy atom. The number of rotatable bonds is 3. The van der Waals surface area contributed by atoms with Crippen LogP contribution >= 0.6 is 0 Å². The van der Waals surface area contributed by atoms with Crippen molar-refractivity contribution in [3.8, 4) is 5.75 Å². The van der Waals surface area contributed by atoms with Gasteiger partial charge < -0.3 is 9.64 Å². The van der Waals surface area contributed by atoms with E-state index in [2.05, 4.69) is 0 Å². The summed E-state index contributed by atoms with van der Waals surface area (Å²) in [5.41, 5.74) is 0. The third-order valence-corrected chi connectivity index (χ3v) is 5.30. The number of halogens is 2. The molecule has 1 atom stereocenters. The highest BCUT2D eigenvalue weighted by Gasteiger charge is 2.28. The zero-order valence-corrected chi connectivity index (χ0v) is 12.9. The number of sulfone groups is 1. The summed E-state index contributed by atoms with van der Waals surface area (Å²) >= 11 is 0. The molecule has 22 heavy (non-hydrogen) atoms.